The average molecular weight is 210 g/mol. The molecule has 0 bridgehead atoms. The lowest BCUT2D eigenvalue weighted by Gasteiger charge is -2.15. The monoisotopic (exact) mass is 210 g/mol. The lowest BCUT2D eigenvalue weighted by molar-refractivity contribution is -0.402. The third-order valence-corrected chi connectivity index (χ3v) is 3.03. The highest BCUT2D eigenvalue weighted by Gasteiger charge is 2.26. The van der Waals surface area contributed by atoms with Gasteiger partial charge in [-0.3, -0.25) is 10.1 Å². The summed E-state index contributed by atoms with van der Waals surface area (Å²) in [6.07, 6.45) is 4.58. The van der Waals surface area contributed by atoms with Gasteiger partial charge in [0.1, 0.15) is 10.7 Å². The molecule has 5 heteroatoms. The van der Waals surface area contributed by atoms with E-state index in [1.54, 1.807) is 6.07 Å². The normalized spacial score (nSPS) is 19.3. The van der Waals surface area contributed by atoms with Gasteiger partial charge in [-0.15, -0.1) is 0 Å². The van der Waals surface area contributed by atoms with Crippen LogP contribution in [0, 0.1) is 16.0 Å². The van der Waals surface area contributed by atoms with E-state index in [-0.39, 0.29) is 11.9 Å². The van der Waals surface area contributed by atoms with Gasteiger partial charge in [-0.2, -0.15) is 0 Å². The van der Waals surface area contributed by atoms with Crippen molar-refractivity contribution >= 4 is 5.88 Å². The van der Waals surface area contributed by atoms with E-state index in [9.17, 15) is 10.1 Å². The third-order valence-electron chi connectivity index (χ3n) is 3.03. The van der Waals surface area contributed by atoms with E-state index in [2.05, 4.69) is 0 Å². The second kappa shape index (κ2) is 4.02. The summed E-state index contributed by atoms with van der Waals surface area (Å²) in [5, 5.41) is 10.4. The van der Waals surface area contributed by atoms with E-state index in [4.69, 9.17) is 10.2 Å². The van der Waals surface area contributed by atoms with Gasteiger partial charge in [-0.25, -0.2) is 0 Å². The summed E-state index contributed by atoms with van der Waals surface area (Å²) in [6, 6.07) is 2.78. The first-order valence-electron chi connectivity index (χ1n) is 5.18. The predicted octanol–water partition coefficient (Wildman–Crippen LogP) is 2.38. The van der Waals surface area contributed by atoms with E-state index in [0.29, 0.717) is 11.7 Å². The van der Waals surface area contributed by atoms with Crippen LogP contribution in [-0.4, -0.2) is 4.92 Å². The first kappa shape index (κ1) is 10.2. The molecule has 1 fully saturated rings. The number of hydrogen-bond acceptors (Lipinski definition) is 4. The zero-order chi connectivity index (χ0) is 10.8. The summed E-state index contributed by atoms with van der Waals surface area (Å²) >= 11 is 0. The minimum atomic E-state index is -0.537. The van der Waals surface area contributed by atoms with Gasteiger partial charge in [0.15, 0.2) is 0 Å². The van der Waals surface area contributed by atoms with Crippen molar-refractivity contribution in [1.82, 2.24) is 0 Å². The number of rotatable bonds is 3. The maximum absolute atomic E-state index is 10.4. The van der Waals surface area contributed by atoms with Crippen LogP contribution in [0.5, 0.6) is 0 Å². The fourth-order valence-corrected chi connectivity index (χ4v) is 2.17. The van der Waals surface area contributed by atoms with Crippen molar-refractivity contribution in [3.63, 3.8) is 0 Å². The maximum atomic E-state index is 10.4. The molecular weight excluding hydrogens is 196 g/mol. The van der Waals surface area contributed by atoms with Crippen molar-refractivity contribution in [2.45, 2.75) is 31.7 Å². The Labute approximate surface area is 87.4 Å². The van der Waals surface area contributed by atoms with Gasteiger partial charge in [0, 0.05) is 0 Å². The van der Waals surface area contributed by atoms with Crippen LogP contribution in [0.4, 0.5) is 5.88 Å². The van der Waals surface area contributed by atoms with E-state index >= 15 is 0 Å². The molecule has 5 nitrogen and oxygen atoms in total. The van der Waals surface area contributed by atoms with Gasteiger partial charge in [0.25, 0.3) is 0 Å². The van der Waals surface area contributed by atoms with Crippen LogP contribution in [0.1, 0.15) is 37.5 Å². The van der Waals surface area contributed by atoms with Crippen molar-refractivity contribution in [1.29, 1.82) is 0 Å². The number of nitrogens with zero attached hydrogens (tertiary/aromatic N) is 1. The fraction of sp³-hybridized carbons (Fsp3) is 0.600. The molecule has 0 saturated heterocycles. The molecule has 0 aromatic carbocycles. The fourth-order valence-electron chi connectivity index (χ4n) is 2.17. The Morgan fingerprint density at radius 3 is 2.67 bits per heavy atom. The molecule has 0 unspecified atom stereocenters. The minimum absolute atomic E-state index is 0.193. The van der Waals surface area contributed by atoms with Gasteiger partial charge in [0.05, 0.1) is 12.1 Å². The third kappa shape index (κ3) is 2.02. The standard InChI is InChI=1S/C10H14N2O3/c11-10(7-3-1-2-4-7)8-5-6-9(15-8)12(13)14/h5-7,10H,1-4,11H2/t10-/m1/s1. The number of nitro groups is 1. The predicted molar refractivity (Wildman–Crippen MR) is 54.2 cm³/mol. The first-order valence-corrected chi connectivity index (χ1v) is 5.18. The Morgan fingerprint density at radius 2 is 2.13 bits per heavy atom. The summed E-state index contributed by atoms with van der Waals surface area (Å²) in [7, 11) is 0. The maximum Gasteiger partial charge on any atom is 0.433 e. The Bertz CT molecular complexity index is 355. The van der Waals surface area contributed by atoms with Crippen LogP contribution in [0.2, 0.25) is 0 Å². The van der Waals surface area contributed by atoms with Crippen LogP contribution in [0.25, 0.3) is 0 Å². The molecular formula is C10H14N2O3. The van der Waals surface area contributed by atoms with Crippen LogP contribution in [0.15, 0.2) is 16.5 Å². The largest absolute Gasteiger partial charge is 0.433 e. The van der Waals surface area contributed by atoms with Gasteiger partial charge >= 0.3 is 5.88 Å². The van der Waals surface area contributed by atoms with Crippen LogP contribution in [-0.2, 0) is 0 Å². The molecule has 15 heavy (non-hydrogen) atoms. The number of hydrogen-bond donors (Lipinski definition) is 1. The van der Waals surface area contributed by atoms with Crippen molar-refractivity contribution in [2.75, 3.05) is 0 Å². The molecule has 1 aliphatic carbocycles. The van der Waals surface area contributed by atoms with Gasteiger partial charge in [-0.05, 0) is 24.8 Å². The van der Waals surface area contributed by atoms with E-state index < -0.39 is 4.92 Å². The summed E-state index contributed by atoms with van der Waals surface area (Å²) in [5.41, 5.74) is 6.00. The van der Waals surface area contributed by atoms with E-state index in [1.807, 2.05) is 0 Å². The summed E-state index contributed by atoms with van der Waals surface area (Å²) in [5.74, 6) is 0.725. The Hall–Kier alpha value is -1.36. The highest BCUT2D eigenvalue weighted by Crippen LogP contribution is 2.35. The lowest BCUT2D eigenvalue weighted by atomic mass is 9.97. The number of furan rings is 1. The smallest absolute Gasteiger partial charge is 0.404 e. The van der Waals surface area contributed by atoms with Gasteiger partial charge in [-0.1, -0.05) is 12.8 Å². The molecule has 1 aromatic rings. The molecule has 1 saturated carbocycles. The van der Waals surface area contributed by atoms with Crippen molar-refractivity contribution in [3.8, 4) is 0 Å². The van der Waals surface area contributed by atoms with Crippen molar-refractivity contribution in [3.05, 3.63) is 28.0 Å². The van der Waals surface area contributed by atoms with Crippen molar-refractivity contribution < 1.29 is 9.34 Å². The minimum Gasteiger partial charge on any atom is -0.404 e. The average Bonchev–Trinajstić information content (AvgIpc) is 2.88. The zero-order valence-corrected chi connectivity index (χ0v) is 8.39. The van der Waals surface area contributed by atoms with Gasteiger partial charge < -0.3 is 10.2 Å². The van der Waals surface area contributed by atoms with Crippen LogP contribution >= 0.6 is 0 Å². The molecule has 1 aliphatic rings. The van der Waals surface area contributed by atoms with Crippen molar-refractivity contribution in [2.24, 2.45) is 11.7 Å². The molecule has 0 spiro atoms. The van der Waals surface area contributed by atoms with E-state index in [1.165, 1.54) is 18.9 Å². The van der Waals surface area contributed by atoms with E-state index in [0.717, 1.165) is 12.8 Å². The Morgan fingerprint density at radius 1 is 1.47 bits per heavy atom. The summed E-state index contributed by atoms with van der Waals surface area (Å²) < 4.78 is 5.10. The quantitative estimate of drug-likeness (QED) is 0.613. The molecule has 0 radical (unpaired) electrons. The SMILES string of the molecule is N[C@@H](c1ccc([N+](=O)[O-])o1)C1CCCC1. The molecule has 0 aliphatic heterocycles. The lowest BCUT2D eigenvalue weighted by Crippen LogP contribution is -2.18. The van der Waals surface area contributed by atoms with Crippen LogP contribution in [0.3, 0.4) is 0 Å². The molecule has 82 valence electrons. The molecule has 1 aromatic heterocycles. The molecule has 1 atom stereocenters. The molecule has 2 rings (SSSR count). The Balaban J connectivity index is 2.10. The Kier molecular flexibility index (Phi) is 2.73. The molecule has 2 N–H and O–H groups in total. The summed E-state index contributed by atoms with van der Waals surface area (Å²) in [4.78, 5) is 9.89. The second-order valence-corrected chi connectivity index (χ2v) is 4.00. The molecule has 0 amide bonds. The summed E-state index contributed by atoms with van der Waals surface area (Å²) in [6.45, 7) is 0. The molecule has 1 heterocycles. The highest BCUT2D eigenvalue weighted by atomic mass is 16.6. The first-order chi connectivity index (χ1) is 7.18. The topological polar surface area (TPSA) is 82.3 Å². The zero-order valence-electron chi connectivity index (χ0n) is 8.39. The highest BCUT2D eigenvalue weighted by molar-refractivity contribution is 5.20. The second-order valence-electron chi connectivity index (χ2n) is 4.00. The van der Waals surface area contributed by atoms with Crippen LogP contribution < -0.4 is 5.73 Å². The van der Waals surface area contributed by atoms with Gasteiger partial charge in [0.2, 0.25) is 0 Å². The number of nitrogens with two attached hydrogens (primary N) is 1.